The molecule has 1 nitrogen and oxygen atoms in total. The molecule has 0 spiro atoms. The van der Waals surface area contributed by atoms with Crippen LogP contribution in [0.4, 0.5) is 17.6 Å². The third-order valence-electron chi connectivity index (χ3n) is 3.94. The number of halogens is 4. The van der Waals surface area contributed by atoms with Gasteiger partial charge in [-0.3, -0.25) is 0 Å². The van der Waals surface area contributed by atoms with Crippen LogP contribution in [0.1, 0.15) is 42.9 Å². The zero-order valence-electron chi connectivity index (χ0n) is 14.2. The molecule has 5 heteroatoms. The lowest BCUT2D eigenvalue weighted by molar-refractivity contribution is -0.244. The fraction of sp³-hybridized carbons (Fsp3) is 0.400. The average molecular weight is 354 g/mol. The van der Waals surface area contributed by atoms with Gasteiger partial charge in [-0.1, -0.05) is 50.1 Å². The zero-order valence-corrected chi connectivity index (χ0v) is 14.2. The highest BCUT2D eigenvalue weighted by atomic mass is 19.3. The topological polar surface area (TPSA) is 9.23 Å². The van der Waals surface area contributed by atoms with Gasteiger partial charge in [0.1, 0.15) is 0 Å². The second kappa shape index (κ2) is 8.99. The Balaban J connectivity index is 1.87. The van der Waals surface area contributed by atoms with E-state index in [4.69, 9.17) is 0 Å². The van der Waals surface area contributed by atoms with Crippen molar-refractivity contribution in [2.75, 3.05) is 0 Å². The number of alkyl halides is 2. The third kappa shape index (κ3) is 6.50. The molecule has 0 bridgehead atoms. The fourth-order valence-corrected chi connectivity index (χ4v) is 2.51. The van der Waals surface area contributed by atoms with Crippen molar-refractivity contribution in [2.24, 2.45) is 0 Å². The molecule has 0 amide bonds. The first-order valence-electron chi connectivity index (χ1n) is 8.43. The van der Waals surface area contributed by atoms with E-state index in [2.05, 4.69) is 11.7 Å². The summed E-state index contributed by atoms with van der Waals surface area (Å²) in [5, 5.41) is 0. The Morgan fingerprint density at radius 2 is 1.48 bits per heavy atom. The Labute approximate surface area is 145 Å². The summed E-state index contributed by atoms with van der Waals surface area (Å²) in [6.07, 6.45) is 0.142. The molecule has 0 saturated carbocycles. The quantitative estimate of drug-likeness (QED) is 0.393. The summed E-state index contributed by atoms with van der Waals surface area (Å²) in [7, 11) is 0. The van der Waals surface area contributed by atoms with Crippen LogP contribution in [0.3, 0.4) is 0 Å². The van der Waals surface area contributed by atoms with Crippen molar-refractivity contribution >= 4 is 0 Å². The van der Waals surface area contributed by atoms with Crippen molar-refractivity contribution in [1.29, 1.82) is 0 Å². The van der Waals surface area contributed by atoms with Gasteiger partial charge in [-0.05, 0) is 41.7 Å². The van der Waals surface area contributed by atoms with Crippen LogP contribution >= 0.6 is 0 Å². The second-order valence-corrected chi connectivity index (χ2v) is 6.12. The zero-order chi connectivity index (χ0) is 18.3. The number of rotatable bonds is 9. The largest absolute Gasteiger partial charge is 0.360 e. The highest BCUT2D eigenvalue weighted by Crippen LogP contribution is 2.24. The molecule has 0 heterocycles. The molecule has 0 radical (unpaired) electrons. The Morgan fingerprint density at radius 3 is 2.12 bits per heavy atom. The lowest BCUT2D eigenvalue weighted by atomic mass is 10.1. The standard InChI is InChI=1S/C20H22F4O/c1-2-3-4-5-15-6-8-16(9-7-15)14-25-20(23,24)13-17-10-11-18(21)19(22)12-17/h6-12H,2-5,13-14H2,1H3. The maximum absolute atomic E-state index is 13.9. The highest BCUT2D eigenvalue weighted by molar-refractivity contribution is 5.22. The van der Waals surface area contributed by atoms with Gasteiger partial charge < -0.3 is 4.74 Å². The Hall–Kier alpha value is -1.88. The maximum atomic E-state index is 13.9. The Bertz CT molecular complexity index is 668. The van der Waals surface area contributed by atoms with Crippen LogP contribution in [0.2, 0.25) is 0 Å². The number of hydrogen-bond acceptors (Lipinski definition) is 1. The fourth-order valence-electron chi connectivity index (χ4n) is 2.51. The molecule has 0 aliphatic carbocycles. The van der Waals surface area contributed by atoms with Crippen molar-refractivity contribution in [2.45, 2.75) is 51.7 Å². The summed E-state index contributed by atoms with van der Waals surface area (Å²) in [5.74, 6) is -2.21. The van der Waals surface area contributed by atoms with Crippen LogP contribution in [0.5, 0.6) is 0 Å². The van der Waals surface area contributed by atoms with E-state index in [0.717, 1.165) is 37.5 Å². The molecule has 0 aromatic heterocycles. The SMILES string of the molecule is CCCCCc1ccc(COC(F)(F)Cc2ccc(F)c(F)c2)cc1. The summed E-state index contributed by atoms with van der Waals surface area (Å²) >= 11 is 0. The molecule has 136 valence electrons. The second-order valence-electron chi connectivity index (χ2n) is 6.12. The van der Waals surface area contributed by atoms with E-state index in [9.17, 15) is 17.6 Å². The lowest BCUT2D eigenvalue weighted by Gasteiger charge is -2.17. The van der Waals surface area contributed by atoms with Crippen LogP contribution in [-0.2, 0) is 24.2 Å². The van der Waals surface area contributed by atoms with Gasteiger partial charge in [0, 0.05) is 0 Å². The van der Waals surface area contributed by atoms with E-state index in [1.54, 1.807) is 12.1 Å². The van der Waals surface area contributed by atoms with E-state index in [0.29, 0.717) is 5.56 Å². The van der Waals surface area contributed by atoms with Gasteiger partial charge in [-0.25, -0.2) is 8.78 Å². The van der Waals surface area contributed by atoms with E-state index in [1.807, 2.05) is 12.1 Å². The minimum Gasteiger partial charge on any atom is -0.315 e. The summed E-state index contributed by atoms with van der Waals surface area (Å²) in [6, 6.07) is 10.1. The maximum Gasteiger partial charge on any atom is 0.360 e. The number of hydrogen-bond donors (Lipinski definition) is 0. The molecule has 0 unspecified atom stereocenters. The van der Waals surface area contributed by atoms with E-state index in [-0.39, 0.29) is 12.2 Å². The first-order valence-corrected chi connectivity index (χ1v) is 8.43. The first-order chi connectivity index (χ1) is 11.9. The molecular weight excluding hydrogens is 332 g/mol. The molecule has 0 atom stereocenters. The Kier molecular flexibility index (Phi) is 7.00. The number of unbranched alkanes of at least 4 members (excludes halogenated alkanes) is 2. The van der Waals surface area contributed by atoms with Gasteiger partial charge in [0.05, 0.1) is 13.0 Å². The summed E-state index contributed by atoms with van der Waals surface area (Å²) in [5.41, 5.74) is 1.80. The molecule has 0 aliphatic heterocycles. The first kappa shape index (κ1) is 19.4. The number of benzene rings is 2. The van der Waals surface area contributed by atoms with Crippen LogP contribution in [0, 0.1) is 11.6 Å². The molecular formula is C20H22F4O. The van der Waals surface area contributed by atoms with Gasteiger partial charge in [0.25, 0.3) is 0 Å². The molecule has 25 heavy (non-hydrogen) atoms. The molecule has 0 aliphatic rings. The predicted molar refractivity (Wildman–Crippen MR) is 89.5 cm³/mol. The minimum absolute atomic E-state index is 0.0184. The van der Waals surface area contributed by atoms with Gasteiger partial charge in [-0.2, -0.15) is 8.78 Å². The van der Waals surface area contributed by atoms with E-state index >= 15 is 0 Å². The van der Waals surface area contributed by atoms with Crippen LogP contribution in [-0.4, -0.2) is 6.11 Å². The predicted octanol–water partition coefficient (Wildman–Crippen LogP) is 6.05. The highest BCUT2D eigenvalue weighted by Gasteiger charge is 2.30. The smallest absolute Gasteiger partial charge is 0.315 e. The third-order valence-corrected chi connectivity index (χ3v) is 3.94. The Morgan fingerprint density at radius 1 is 0.840 bits per heavy atom. The van der Waals surface area contributed by atoms with Crippen molar-refractivity contribution in [3.8, 4) is 0 Å². The normalized spacial score (nSPS) is 11.7. The molecule has 0 fully saturated rings. The van der Waals surface area contributed by atoms with Crippen molar-refractivity contribution < 1.29 is 22.3 Å². The number of aryl methyl sites for hydroxylation is 1. The summed E-state index contributed by atoms with van der Waals surface area (Å²) in [4.78, 5) is 0. The molecule has 0 saturated heterocycles. The van der Waals surface area contributed by atoms with Crippen LogP contribution < -0.4 is 0 Å². The van der Waals surface area contributed by atoms with Gasteiger partial charge in [-0.15, -0.1) is 0 Å². The average Bonchev–Trinajstić information content (AvgIpc) is 2.58. The van der Waals surface area contributed by atoms with Gasteiger partial charge in [0.2, 0.25) is 0 Å². The van der Waals surface area contributed by atoms with Gasteiger partial charge >= 0.3 is 6.11 Å². The minimum atomic E-state index is -3.45. The van der Waals surface area contributed by atoms with E-state index < -0.39 is 24.2 Å². The van der Waals surface area contributed by atoms with Crippen molar-refractivity contribution in [3.63, 3.8) is 0 Å². The number of ether oxygens (including phenoxy) is 1. The van der Waals surface area contributed by atoms with Crippen LogP contribution in [0.25, 0.3) is 0 Å². The molecule has 2 aromatic carbocycles. The van der Waals surface area contributed by atoms with Crippen molar-refractivity contribution in [1.82, 2.24) is 0 Å². The molecule has 2 aromatic rings. The monoisotopic (exact) mass is 354 g/mol. The van der Waals surface area contributed by atoms with Gasteiger partial charge in [0.15, 0.2) is 11.6 Å². The van der Waals surface area contributed by atoms with E-state index in [1.165, 1.54) is 12.0 Å². The van der Waals surface area contributed by atoms with Crippen LogP contribution in [0.15, 0.2) is 42.5 Å². The summed E-state index contributed by atoms with van der Waals surface area (Å²) in [6.45, 7) is 1.90. The molecule has 0 N–H and O–H groups in total. The lowest BCUT2D eigenvalue weighted by Crippen LogP contribution is -2.24. The molecule has 2 rings (SSSR count). The summed E-state index contributed by atoms with van der Waals surface area (Å²) < 4.78 is 58.4. The van der Waals surface area contributed by atoms with Crippen molar-refractivity contribution in [3.05, 3.63) is 70.8 Å².